The fourth-order valence-corrected chi connectivity index (χ4v) is 5.90. The van der Waals surface area contributed by atoms with Crippen molar-refractivity contribution >= 4 is 33.2 Å². The molecule has 0 aliphatic heterocycles. The van der Waals surface area contributed by atoms with Crippen LogP contribution in [0.25, 0.3) is 0 Å². The molecule has 0 aromatic heterocycles. The van der Waals surface area contributed by atoms with Crippen LogP contribution in [0.4, 0.5) is 18.9 Å². The normalized spacial score (nSPS) is 13.2. The Hall–Kier alpha value is -3.04. The average molecular weight is 553 g/mol. The van der Waals surface area contributed by atoms with Crippen LogP contribution in [0, 0.1) is 0 Å². The van der Waals surface area contributed by atoms with E-state index in [0.717, 1.165) is 17.7 Å². The summed E-state index contributed by atoms with van der Waals surface area (Å²) in [6.07, 6.45) is -4.19. The molecule has 10 heteroatoms. The molecule has 0 saturated carbocycles. The number of amides is 1. The van der Waals surface area contributed by atoms with Crippen molar-refractivity contribution in [1.29, 1.82) is 0 Å². The van der Waals surface area contributed by atoms with Gasteiger partial charge >= 0.3 is 6.18 Å². The van der Waals surface area contributed by atoms with Gasteiger partial charge in [0.05, 0.1) is 21.2 Å². The summed E-state index contributed by atoms with van der Waals surface area (Å²) in [5, 5.41) is 2.55. The first kappa shape index (κ1) is 28.5. The number of carbonyl (C=O) groups is 1. The Bertz CT molecular complexity index is 1330. The number of rotatable bonds is 9. The van der Waals surface area contributed by atoms with Gasteiger partial charge in [-0.1, -0.05) is 74.0 Å². The van der Waals surface area contributed by atoms with E-state index in [0.29, 0.717) is 16.8 Å². The molecule has 1 N–H and O–H groups in total. The van der Waals surface area contributed by atoms with Gasteiger partial charge in [-0.05, 0) is 54.7 Å². The maximum Gasteiger partial charge on any atom is 0.416 e. The lowest BCUT2D eigenvalue weighted by Gasteiger charge is -2.30. The number of anilines is 1. The molecule has 0 fully saturated rings. The van der Waals surface area contributed by atoms with E-state index in [1.54, 1.807) is 13.0 Å². The zero-order chi connectivity index (χ0) is 27.4. The van der Waals surface area contributed by atoms with Gasteiger partial charge in [-0.3, -0.25) is 9.10 Å². The lowest BCUT2D eigenvalue weighted by Crippen LogP contribution is -2.45. The number of halogens is 4. The van der Waals surface area contributed by atoms with Crippen LogP contribution in [0.15, 0.2) is 83.8 Å². The van der Waals surface area contributed by atoms with Gasteiger partial charge in [-0.2, -0.15) is 13.2 Å². The molecule has 1 unspecified atom stereocenters. The van der Waals surface area contributed by atoms with Crippen LogP contribution in [0.2, 0.25) is 5.02 Å². The Morgan fingerprint density at radius 2 is 1.51 bits per heavy atom. The maximum atomic E-state index is 13.5. The van der Waals surface area contributed by atoms with E-state index >= 15 is 0 Å². The van der Waals surface area contributed by atoms with Gasteiger partial charge in [0.15, 0.2) is 0 Å². The number of nitrogens with one attached hydrogen (secondary N) is 1. The highest BCUT2D eigenvalue weighted by Crippen LogP contribution is 2.37. The zero-order valence-corrected chi connectivity index (χ0v) is 22.2. The minimum absolute atomic E-state index is 0.186. The Morgan fingerprint density at radius 1 is 0.946 bits per heavy atom. The Morgan fingerprint density at radius 3 is 2.08 bits per heavy atom. The number of hydrogen-bond donors (Lipinski definition) is 1. The Labute approximate surface area is 220 Å². The molecule has 1 atom stereocenters. The molecule has 0 radical (unpaired) electrons. The predicted molar refractivity (Wildman–Crippen MR) is 139 cm³/mol. The van der Waals surface area contributed by atoms with Gasteiger partial charge in [-0.15, -0.1) is 0 Å². The number of benzene rings is 3. The summed E-state index contributed by atoms with van der Waals surface area (Å²) in [6, 6.07) is 18.9. The summed E-state index contributed by atoms with van der Waals surface area (Å²) >= 11 is 6.17. The van der Waals surface area contributed by atoms with Crippen molar-refractivity contribution in [1.82, 2.24) is 5.32 Å². The topological polar surface area (TPSA) is 66.5 Å². The van der Waals surface area contributed by atoms with Crippen molar-refractivity contribution in [3.63, 3.8) is 0 Å². The van der Waals surface area contributed by atoms with E-state index in [9.17, 15) is 26.4 Å². The third kappa shape index (κ3) is 7.05. The zero-order valence-electron chi connectivity index (χ0n) is 20.6. The summed E-state index contributed by atoms with van der Waals surface area (Å²) in [4.78, 5) is 12.9. The molecular formula is C27H28ClF3N2O3S. The summed E-state index contributed by atoms with van der Waals surface area (Å²) in [5.74, 6) is -0.677. The molecule has 1 amide bonds. The van der Waals surface area contributed by atoms with Crippen molar-refractivity contribution in [2.24, 2.45) is 0 Å². The van der Waals surface area contributed by atoms with Crippen LogP contribution in [0.3, 0.4) is 0 Å². The predicted octanol–water partition coefficient (Wildman–Crippen LogP) is 6.43. The van der Waals surface area contributed by atoms with Crippen LogP contribution >= 0.6 is 11.6 Å². The second-order valence-corrected chi connectivity index (χ2v) is 11.7. The van der Waals surface area contributed by atoms with Crippen LogP contribution in [-0.2, 0) is 26.4 Å². The van der Waals surface area contributed by atoms with Crippen LogP contribution in [0.5, 0.6) is 0 Å². The number of nitrogens with zero attached hydrogens (tertiary/aromatic N) is 1. The highest BCUT2D eigenvalue weighted by atomic mass is 35.5. The van der Waals surface area contributed by atoms with Gasteiger partial charge in [0.1, 0.15) is 6.54 Å². The molecule has 0 bridgehead atoms. The molecule has 37 heavy (non-hydrogen) atoms. The molecule has 3 rings (SSSR count). The summed E-state index contributed by atoms with van der Waals surface area (Å²) in [6.45, 7) is 5.09. The summed E-state index contributed by atoms with van der Waals surface area (Å²) < 4.78 is 67.9. The monoisotopic (exact) mass is 552 g/mol. The van der Waals surface area contributed by atoms with Crippen LogP contribution in [0.1, 0.15) is 38.3 Å². The number of hydrogen-bond acceptors (Lipinski definition) is 3. The van der Waals surface area contributed by atoms with E-state index < -0.39 is 39.9 Å². The maximum absolute atomic E-state index is 13.5. The van der Waals surface area contributed by atoms with E-state index in [2.05, 4.69) is 5.32 Å². The largest absolute Gasteiger partial charge is 0.416 e. The van der Waals surface area contributed by atoms with Gasteiger partial charge in [0.2, 0.25) is 5.91 Å². The minimum Gasteiger partial charge on any atom is -0.352 e. The first-order valence-electron chi connectivity index (χ1n) is 11.5. The summed E-state index contributed by atoms with van der Waals surface area (Å²) in [7, 11) is -4.43. The molecule has 198 valence electrons. The second-order valence-electron chi connectivity index (χ2n) is 9.41. The standard InChI is InChI=1S/C27H28ClF3N2O3S/c1-19(17-26(2,3)20-10-6-4-7-11-20)32-25(34)18-33(37(35,36)22-12-8-5-9-13-22)24-16-21(27(29,30)31)14-15-23(24)28/h4-16,19H,17-18H2,1-3H3,(H,32,34). The molecule has 0 spiro atoms. The minimum atomic E-state index is -4.73. The number of carbonyl (C=O) groups excluding carboxylic acids is 1. The molecule has 5 nitrogen and oxygen atoms in total. The smallest absolute Gasteiger partial charge is 0.352 e. The fraction of sp³-hybridized carbons (Fsp3) is 0.296. The second kappa shape index (κ2) is 11.1. The third-order valence-corrected chi connectivity index (χ3v) is 8.03. The first-order valence-corrected chi connectivity index (χ1v) is 13.3. The van der Waals surface area contributed by atoms with Crippen molar-refractivity contribution in [2.45, 2.75) is 49.7 Å². The van der Waals surface area contributed by atoms with Gasteiger partial charge in [0, 0.05) is 6.04 Å². The van der Waals surface area contributed by atoms with E-state index in [-0.39, 0.29) is 21.4 Å². The van der Waals surface area contributed by atoms with E-state index in [1.807, 2.05) is 44.2 Å². The average Bonchev–Trinajstić information content (AvgIpc) is 2.83. The van der Waals surface area contributed by atoms with Gasteiger partial charge in [-0.25, -0.2) is 8.42 Å². The fourth-order valence-electron chi connectivity index (χ4n) is 4.17. The summed E-state index contributed by atoms with van der Waals surface area (Å²) in [5.41, 5.74) is -0.750. The molecule has 3 aromatic carbocycles. The lowest BCUT2D eigenvalue weighted by molar-refractivity contribution is -0.137. The third-order valence-electron chi connectivity index (χ3n) is 5.94. The van der Waals surface area contributed by atoms with Crippen molar-refractivity contribution < 1.29 is 26.4 Å². The molecular weight excluding hydrogens is 525 g/mol. The molecule has 0 heterocycles. The Balaban J connectivity index is 1.91. The van der Waals surface area contributed by atoms with E-state index in [1.165, 1.54) is 24.3 Å². The highest BCUT2D eigenvalue weighted by molar-refractivity contribution is 7.92. The van der Waals surface area contributed by atoms with Crippen molar-refractivity contribution in [3.05, 3.63) is 95.0 Å². The number of alkyl halides is 3. The number of sulfonamides is 1. The molecule has 0 aliphatic rings. The van der Waals surface area contributed by atoms with Gasteiger partial charge < -0.3 is 5.32 Å². The molecule has 3 aromatic rings. The van der Waals surface area contributed by atoms with E-state index in [4.69, 9.17) is 11.6 Å². The van der Waals surface area contributed by atoms with Crippen LogP contribution < -0.4 is 9.62 Å². The van der Waals surface area contributed by atoms with Gasteiger partial charge in [0.25, 0.3) is 10.0 Å². The van der Waals surface area contributed by atoms with Crippen LogP contribution in [-0.4, -0.2) is 26.9 Å². The quantitative estimate of drug-likeness (QED) is 0.333. The Kier molecular flexibility index (Phi) is 8.59. The first-order chi connectivity index (χ1) is 17.2. The van der Waals surface area contributed by atoms with Crippen molar-refractivity contribution in [2.75, 3.05) is 10.8 Å². The molecule has 0 aliphatic carbocycles. The van der Waals surface area contributed by atoms with Crippen molar-refractivity contribution in [3.8, 4) is 0 Å². The SMILES string of the molecule is CC(CC(C)(C)c1ccccc1)NC(=O)CN(c1cc(C(F)(F)F)ccc1Cl)S(=O)(=O)c1ccccc1. The highest BCUT2D eigenvalue weighted by Gasteiger charge is 2.35. The lowest BCUT2D eigenvalue weighted by atomic mass is 9.79. The molecule has 0 saturated heterocycles.